The molecular weight excluding hydrogens is 218 g/mol. The van der Waals surface area contributed by atoms with Crippen LogP contribution in [0.3, 0.4) is 0 Å². The fraction of sp³-hybridized carbons (Fsp3) is 0.200. The monoisotopic (exact) mass is 225 g/mol. The standard InChI is InChI=1S/C10H8ClNO3/c1-5-7(4-12)8(14)3-9(10(5)11)15-6(2)13/h3,14H,1-2H3. The van der Waals surface area contributed by atoms with Crippen LogP contribution in [0, 0.1) is 18.3 Å². The molecule has 0 atom stereocenters. The zero-order chi connectivity index (χ0) is 11.6. The highest BCUT2D eigenvalue weighted by atomic mass is 35.5. The number of hydrogen-bond donors (Lipinski definition) is 1. The Morgan fingerprint density at radius 1 is 1.67 bits per heavy atom. The highest BCUT2D eigenvalue weighted by Gasteiger charge is 2.15. The number of esters is 1. The minimum atomic E-state index is -0.541. The summed E-state index contributed by atoms with van der Waals surface area (Å²) in [4.78, 5) is 10.7. The number of rotatable bonds is 1. The van der Waals surface area contributed by atoms with Crippen LogP contribution in [0.1, 0.15) is 18.1 Å². The van der Waals surface area contributed by atoms with Crippen molar-refractivity contribution in [3.8, 4) is 17.6 Å². The van der Waals surface area contributed by atoms with Crippen LogP contribution in [-0.2, 0) is 4.79 Å². The minimum Gasteiger partial charge on any atom is -0.506 e. The highest BCUT2D eigenvalue weighted by molar-refractivity contribution is 6.33. The van der Waals surface area contributed by atoms with Crippen LogP contribution < -0.4 is 4.74 Å². The largest absolute Gasteiger partial charge is 0.506 e. The summed E-state index contributed by atoms with van der Waals surface area (Å²) in [6.07, 6.45) is 0. The number of hydrogen-bond acceptors (Lipinski definition) is 4. The van der Waals surface area contributed by atoms with Crippen LogP contribution in [0.15, 0.2) is 6.07 Å². The van der Waals surface area contributed by atoms with Crippen LogP contribution in [0.25, 0.3) is 0 Å². The van der Waals surface area contributed by atoms with Crippen molar-refractivity contribution in [2.45, 2.75) is 13.8 Å². The molecule has 0 fully saturated rings. The molecule has 15 heavy (non-hydrogen) atoms. The van der Waals surface area contributed by atoms with Crippen LogP contribution in [0.5, 0.6) is 11.5 Å². The fourth-order valence-corrected chi connectivity index (χ4v) is 1.30. The lowest BCUT2D eigenvalue weighted by Gasteiger charge is -2.09. The maximum absolute atomic E-state index is 10.7. The number of carbonyl (C=O) groups is 1. The SMILES string of the molecule is CC(=O)Oc1cc(O)c(C#N)c(C)c1Cl. The molecule has 1 N–H and O–H groups in total. The van der Waals surface area contributed by atoms with Gasteiger partial charge in [0.1, 0.15) is 11.8 Å². The molecule has 0 heterocycles. The molecule has 0 aromatic heterocycles. The average molecular weight is 226 g/mol. The van der Waals surface area contributed by atoms with Gasteiger partial charge < -0.3 is 9.84 Å². The van der Waals surface area contributed by atoms with Crippen molar-refractivity contribution in [1.29, 1.82) is 5.26 Å². The Morgan fingerprint density at radius 3 is 2.73 bits per heavy atom. The van der Waals surface area contributed by atoms with E-state index in [2.05, 4.69) is 0 Å². The molecule has 0 aliphatic rings. The Hall–Kier alpha value is -1.73. The Bertz CT molecular complexity index is 463. The lowest BCUT2D eigenvalue weighted by molar-refractivity contribution is -0.131. The van der Waals surface area contributed by atoms with Crippen molar-refractivity contribution in [1.82, 2.24) is 0 Å². The van der Waals surface area contributed by atoms with Gasteiger partial charge >= 0.3 is 5.97 Å². The summed E-state index contributed by atoms with van der Waals surface area (Å²) < 4.78 is 4.77. The van der Waals surface area contributed by atoms with E-state index in [1.54, 1.807) is 6.92 Å². The Kier molecular flexibility index (Phi) is 3.17. The maximum atomic E-state index is 10.7. The first kappa shape index (κ1) is 11.3. The van der Waals surface area contributed by atoms with Gasteiger partial charge in [0.2, 0.25) is 0 Å². The molecule has 0 saturated carbocycles. The van der Waals surface area contributed by atoms with Crippen LogP contribution >= 0.6 is 11.6 Å². The average Bonchev–Trinajstić information content (AvgIpc) is 2.14. The molecule has 1 rings (SSSR count). The number of halogens is 1. The molecule has 0 unspecified atom stereocenters. The summed E-state index contributed by atoms with van der Waals surface area (Å²) in [6, 6.07) is 2.96. The van der Waals surface area contributed by atoms with Crippen molar-refractivity contribution >= 4 is 17.6 Å². The second kappa shape index (κ2) is 4.20. The second-order valence-electron chi connectivity index (χ2n) is 2.91. The molecular formula is C10H8ClNO3. The van der Waals surface area contributed by atoms with Gasteiger partial charge in [0, 0.05) is 13.0 Å². The third-order valence-corrected chi connectivity index (χ3v) is 2.28. The van der Waals surface area contributed by atoms with Gasteiger partial charge in [0.25, 0.3) is 0 Å². The van der Waals surface area contributed by atoms with Crippen molar-refractivity contribution in [2.24, 2.45) is 0 Å². The third kappa shape index (κ3) is 2.20. The summed E-state index contributed by atoms with van der Waals surface area (Å²) in [5.74, 6) is -0.741. The highest BCUT2D eigenvalue weighted by Crippen LogP contribution is 2.35. The van der Waals surface area contributed by atoms with E-state index in [0.29, 0.717) is 5.56 Å². The molecule has 0 bridgehead atoms. The van der Waals surface area contributed by atoms with Crippen LogP contribution in [0.4, 0.5) is 0 Å². The Balaban J connectivity index is 3.35. The molecule has 1 aromatic carbocycles. The van der Waals surface area contributed by atoms with Gasteiger partial charge in [-0.05, 0) is 12.5 Å². The quantitative estimate of drug-likeness (QED) is 0.587. The van der Waals surface area contributed by atoms with Crippen LogP contribution in [0.2, 0.25) is 5.02 Å². The molecule has 0 aliphatic carbocycles. The van der Waals surface area contributed by atoms with Gasteiger partial charge in [0.05, 0.1) is 10.6 Å². The van der Waals surface area contributed by atoms with Crippen LogP contribution in [-0.4, -0.2) is 11.1 Å². The number of nitrogens with zero attached hydrogens (tertiary/aromatic N) is 1. The minimum absolute atomic E-state index is 0.0539. The molecule has 0 amide bonds. The maximum Gasteiger partial charge on any atom is 0.308 e. The zero-order valence-electron chi connectivity index (χ0n) is 8.17. The number of benzene rings is 1. The normalized spacial score (nSPS) is 9.47. The van der Waals surface area contributed by atoms with Crippen molar-refractivity contribution in [3.63, 3.8) is 0 Å². The summed E-state index contributed by atoms with van der Waals surface area (Å²) in [5.41, 5.74) is 0.464. The predicted octanol–water partition coefficient (Wildman–Crippen LogP) is 2.15. The lowest BCUT2D eigenvalue weighted by atomic mass is 10.1. The summed E-state index contributed by atoms with van der Waals surface area (Å²) in [7, 11) is 0. The zero-order valence-corrected chi connectivity index (χ0v) is 8.92. The first-order valence-corrected chi connectivity index (χ1v) is 4.45. The van der Waals surface area contributed by atoms with E-state index in [9.17, 15) is 9.90 Å². The topological polar surface area (TPSA) is 70.3 Å². The number of ether oxygens (including phenoxy) is 1. The van der Waals surface area contributed by atoms with Crippen molar-refractivity contribution in [2.75, 3.05) is 0 Å². The Labute approximate surface area is 91.7 Å². The molecule has 0 aliphatic heterocycles. The van der Waals surface area contributed by atoms with Gasteiger partial charge in [-0.1, -0.05) is 11.6 Å². The predicted molar refractivity (Wildman–Crippen MR) is 53.9 cm³/mol. The molecule has 5 heteroatoms. The van der Waals surface area contributed by atoms with Gasteiger partial charge in [-0.25, -0.2) is 0 Å². The number of carbonyl (C=O) groups excluding carboxylic acids is 1. The van der Waals surface area contributed by atoms with E-state index < -0.39 is 5.97 Å². The summed E-state index contributed by atoms with van der Waals surface area (Å²) >= 11 is 5.85. The van der Waals surface area contributed by atoms with Gasteiger partial charge in [-0.15, -0.1) is 0 Å². The molecule has 78 valence electrons. The lowest BCUT2D eigenvalue weighted by Crippen LogP contribution is -2.03. The second-order valence-corrected chi connectivity index (χ2v) is 3.29. The first-order valence-electron chi connectivity index (χ1n) is 4.08. The molecule has 0 spiro atoms. The molecule has 0 radical (unpaired) electrons. The van der Waals surface area contributed by atoms with E-state index in [0.717, 1.165) is 6.07 Å². The summed E-state index contributed by atoms with van der Waals surface area (Å²) in [5, 5.41) is 18.3. The Morgan fingerprint density at radius 2 is 2.27 bits per heavy atom. The van der Waals surface area contributed by atoms with Gasteiger partial charge in [-0.2, -0.15) is 5.26 Å². The molecule has 0 saturated heterocycles. The number of phenolic OH excluding ortho intramolecular Hbond substituents is 1. The van der Waals surface area contributed by atoms with E-state index in [1.807, 2.05) is 6.07 Å². The number of phenols is 1. The number of aromatic hydroxyl groups is 1. The van der Waals surface area contributed by atoms with Gasteiger partial charge in [0.15, 0.2) is 5.75 Å². The molecule has 4 nitrogen and oxygen atoms in total. The fourth-order valence-electron chi connectivity index (χ4n) is 1.12. The van der Waals surface area contributed by atoms with Crippen molar-refractivity contribution < 1.29 is 14.6 Å². The first-order chi connectivity index (χ1) is 6.97. The van der Waals surface area contributed by atoms with Gasteiger partial charge in [-0.3, -0.25) is 4.79 Å². The van der Waals surface area contributed by atoms with Crippen molar-refractivity contribution in [3.05, 3.63) is 22.2 Å². The van der Waals surface area contributed by atoms with E-state index in [1.165, 1.54) is 6.92 Å². The van der Waals surface area contributed by atoms with E-state index >= 15 is 0 Å². The number of nitriles is 1. The molecule has 1 aromatic rings. The van der Waals surface area contributed by atoms with E-state index in [-0.39, 0.29) is 22.1 Å². The summed E-state index contributed by atoms with van der Waals surface area (Å²) in [6.45, 7) is 2.79. The third-order valence-electron chi connectivity index (χ3n) is 1.81. The smallest absolute Gasteiger partial charge is 0.308 e. The van der Waals surface area contributed by atoms with E-state index in [4.69, 9.17) is 21.6 Å².